The first-order valence-electron chi connectivity index (χ1n) is 8.21. The summed E-state index contributed by atoms with van der Waals surface area (Å²) in [7, 11) is 2.88. The van der Waals surface area contributed by atoms with Gasteiger partial charge in [-0.25, -0.2) is 4.79 Å². The van der Waals surface area contributed by atoms with Crippen LogP contribution in [0.15, 0.2) is 33.9 Å². The van der Waals surface area contributed by atoms with Gasteiger partial charge in [-0.1, -0.05) is 18.2 Å². The summed E-state index contributed by atoms with van der Waals surface area (Å²) in [5, 5.41) is 15.1. The second kappa shape index (κ2) is 5.10. The molecule has 4 rings (SSSR count). The SMILES string of the molecule is Cn1c(O)c(C2(C)NCCc3c2[nH]c2ccccc32)c(=O)n(C)c1=O. The van der Waals surface area contributed by atoms with Gasteiger partial charge < -0.3 is 15.4 Å². The molecular weight excluding hydrogens is 320 g/mol. The predicted molar refractivity (Wildman–Crippen MR) is 95.0 cm³/mol. The van der Waals surface area contributed by atoms with E-state index >= 15 is 0 Å². The molecule has 3 N–H and O–H groups in total. The highest BCUT2D eigenvalue weighted by atomic mass is 16.3. The maximum absolute atomic E-state index is 12.8. The van der Waals surface area contributed by atoms with Crippen molar-refractivity contribution in [1.82, 2.24) is 19.4 Å². The maximum Gasteiger partial charge on any atom is 0.333 e. The Balaban J connectivity index is 2.09. The van der Waals surface area contributed by atoms with Gasteiger partial charge in [-0.2, -0.15) is 0 Å². The van der Waals surface area contributed by atoms with Gasteiger partial charge in [-0.15, -0.1) is 0 Å². The topological polar surface area (TPSA) is 92.0 Å². The van der Waals surface area contributed by atoms with Crippen LogP contribution < -0.4 is 16.6 Å². The third-order valence-corrected chi connectivity index (χ3v) is 5.30. The molecule has 0 amide bonds. The second-order valence-corrected chi connectivity index (χ2v) is 6.73. The van der Waals surface area contributed by atoms with Crippen molar-refractivity contribution in [2.45, 2.75) is 18.9 Å². The van der Waals surface area contributed by atoms with E-state index in [9.17, 15) is 14.7 Å². The highest BCUT2D eigenvalue weighted by molar-refractivity contribution is 5.85. The number of aromatic nitrogens is 3. The van der Waals surface area contributed by atoms with Crippen molar-refractivity contribution in [3.05, 3.63) is 61.9 Å². The van der Waals surface area contributed by atoms with Crippen molar-refractivity contribution in [1.29, 1.82) is 0 Å². The van der Waals surface area contributed by atoms with Gasteiger partial charge in [0.15, 0.2) is 0 Å². The highest BCUT2D eigenvalue weighted by Gasteiger charge is 2.41. The van der Waals surface area contributed by atoms with Crippen LogP contribution in [0.3, 0.4) is 0 Å². The number of aromatic amines is 1. The number of hydrogen-bond acceptors (Lipinski definition) is 4. The summed E-state index contributed by atoms with van der Waals surface area (Å²) in [6, 6.07) is 7.98. The van der Waals surface area contributed by atoms with Crippen LogP contribution in [0.4, 0.5) is 0 Å². The van der Waals surface area contributed by atoms with Gasteiger partial charge in [0.05, 0.1) is 5.54 Å². The third kappa shape index (κ3) is 1.96. The minimum atomic E-state index is -0.920. The van der Waals surface area contributed by atoms with Crippen LogP contribution >= 0.6 is 0 Å². The Morgan fingerprint density at radius 2 is 1.88 bits per heavy atom. The van der Waals surface area contributed by atoms with Crippen LogP contribution in [0.2, 0.25) is 0 Å². The number of para-hydroxylation sites is 1. The highest BCUT2D eigenvalue weighted by Crippen LogP contribution is 2.38. The monoisotopic (exact) mass is 340 g/mol. The standard InChI is InChI=1S/C18H20N4O3/c1-18(13-15(23)21(2)17(25)22(3)16(13)24)14-11(8-9-19-18)10-6-4-5-7-12(10)20-14/h4-7,19-20,23H,8-9H2,1-3H3. The zero-order chi connectivity index (χ0) is 17.9. The van der Waals surface area contributed by atoms with Gasteiger partial charge >= 0.3 is 5.69 Å². The first-order chi connectivity index (χ1) is 11.9. The van der Waals surface area contributed by atoms with Crippen molar-refractivity contribution in [2.24, 2.45) is 14.1 Å². The average molecular weight is 340 g/mol. The smallest absolute Gasteiger partial charge is 0.333 e. The number of rotatable bonds is 1. The summed E-state index contributed by atoms with van der Waals surface area (Å²) in [6.45, 7) is 2.53. The van der Waals surface area contributed by atoms with Gasteiger partial charge in [0.25, 0.3) is 5.56 Å². The minimum Gasteiger partial charge on any atom is -0.494 e. The lowest BCUT2D eigenvalue weighted by Gasteiger charge is -2.35. The molecule has 0 fully saturated rings. The first-order valence-corrected chi connectivity index (χ1v) is 8.21. The van der Waals surface area contributed by atoms with E-state index in [1.807, 2.05) is 25.1 Å². The number of H-pyrrole nitrogens is 1. The quantitative estimate of drug-likeness (QED) is 0.607. The molecule has 3 aromatic rings. The van der Waals surface area contributed by atoms with Crippen LogP contribution in [0.5, 0.6) is 5.88 Å². The normalized spacial score (nSPS) is 20.0. The van der Waals surface area contributed by atoms with E-state index < -0.39 is 16.8 Å². The number of benzene rings is 1. The molecule has 1 aliphatic heterocycles. The van der Waals surface area contributed by atoms with Crippen molar-refractivity contribution in [2.75, 3.05) is 6.54 Å². The van der Waals surface area contributed by atoms with Crippen LogP contribution in [-0.4, -0.2) is 25.8 Å². The van der Waals surface area contributed by atoms with Crippen molar-refractivity contribution in [3.8, 4) is 5.88 Å². The van der Waals surface area contributed by atoms with Gasteiger partial charge in [0, 0.05) is 37.2 Å². The summed E-state index contributed by atoms with van der Waals surface area (Å²) in [5.41, 5.74) is 1.17. The molecular formula is C18H20N4O3. The Labute approximate surface area is 143 Å². The molecule has 2 aromatic heterocycles. The summed E-state index contributed by atoms with van der Waals surface area (Å²) in [6.07, 6.45) is 0.821. The molecule has 7 heteroatoms. The number of hydrogen-bond donors (Lipinski definition) is 3. The van der Waals surface area contributed by atoms with Crippen molar-refractivity contribution < 1.29 is 5.11 Å². The van der Waals surface area contributed by atoms with E-state index in [0.717, 1.165) is 37.7 Å². The van der Waals surface area contributed by atoms with E-state index in [1.165, 1.54) is 14.1 Å². The second-order valence-electron chi connectivity index (χ2n) is 6.73. The fourth-order valence-electron chi connectivity index (χ4n) is 3.90. The molecule has 0 spiro atoms. The number of nitrogens with zero attached hydrogens (tertiary/aromatic N) is 2. The Kier molecular flexibility index (Phi) is 3.20. The first kappa shape index (κ1) is 15.7. The van der Waals surface area contributed by atoms with E-state index in [-0.39, 0.29) is 11.4 Å². The maximum atomic E-state index is 12.8. The lowest BCUT2D eigenvalue weighted by Crippen LogP contribution is -2.52. The molecule has 130 valence electrons. The van der Waals surface area contributed by atoms with Gasteiger partial charge in [-0.3, -0.25) is 13.9 Å². The number of fused-ring (bicyclic) bond motifs is 3. The van der Waals surface area contributed by atoms with Crippen molar-refractivity contribution in [3.63, 3.8) is 0 Å². The van der Waals surface area contributed by atoms with Gasteiger partial charge in [-0.05, 0) is 25.0 Å². The zero-order valence-electron chi connectivity index (χ0n) is 14.4. The number of aromatic hydroxyl groups is 1. The van der Waals surface area contributed by atoms with Gasteiger partial charge in [0.1, 0.15) is 5.56 Å². The fourth-order valence-corrected chi connectivity index (χ4v) is 3.90. The van der Waals surface area contributed by atoms with E-state index in [1.54, 1.807) is 0 Å². The van der Waals surface area contributed by atoms with Gasteiger partial charge in [0.2, 0.25) is 5.88 Å². The predicted octanol–water partition coefficient (Wildman–Crippen LogP) is 0.680. The molecule has 1 atom stereocenters. The molecule has 25 heavy (non-hydrogen) atoms. The number of nitrogens with one attached hydrogen (secondary N) is 2. The minimum absolute atomic E-state index is 0.171. The molecule has 3 heterocycles. The molecule has 1 aliphatic rings. The largest absolute Gasteiger partial charge is 0.494 e. The Bertz CT molecular complexity index is 1120. The van der Waals surface area contributed by atoms with Crippen molar-refractivity contribution >= 4 is 10.9 Å². The Morgan fingerprint density at radius 1 is 1.16 bits per heavy atom. The lowest BCUT2D eigenvalue weighted by molar-refractivity contribution is 0.346. The van der Waals surface area contributed by atoms with E-state index in [4.69, 9.17) is 0 Å². The van der Waals surface area contributed by atoms with Crippen LogP contribution in [0, 0.1) is 0 Å². The molecule has 1 unspecified atom stereocenters. The lowest BCUT2D eigenvalue weighted by atomic mass is 9.83. The van der Waals surface area contributed by atoms with E-state index in [2.05, 4.69) is 16.4 Å². The fraction of sp³-hybridized carbons (Fsp3) is 0.333. The summed E-state index contributed by atoms with van der Waals surface area (Å²) in [5.74, 6) is -0.311. The molecule has 0 aliphatic carbocycles. The Morgan fingerprint density at radius 3 is 2.64 bits per heavy atom. The molecule has 0 bridgehead atoms. The van der Waals surface area contributed by atoms with Crippen LogP contribution in [0.25, 0.3) is 10.9 Å². The van der Waals surface area contributed by atoms with E-state index in [0.29, 0.717) is 6.54 Å². The molecule has 7 nitrogen and oxygen atoms in total. The van der Waals surface area contributed by atoms with Crippen LogP contribution in [0.1, 0.15) is 23.7 Å². The van der Waals surface area contributed by atoms with Crippen LogP contribution in [-0.2, 0) is 26.1 Å². The third-order valence-electron chi connectivity index (χ3n) is 5.30. The Hall–Kier alpha value is -2.80. The molecule has 1 aromatic carbocycles. The summed E-state index contributed by atoms with van der Waals surface area (Å²) >= 11 is 0. The zero-order valence-corrected chi connectivity index (χ0v) is 14.4. The average Bonchev–Trinajstić information content (AvgIpc) is 2.99. The summed E-state index contributed by atoms with van der Waals surface area (Å²) < 4.78 is 2.12. The molecule has 0 saturated heterocycles. The molecule has 0 saturated carbocycles. The molecule has 0 radical (unpaired) electrons. The summed E-state index contributed by atoms with van der Waals surface area (Å²) in [4.78, 5) is 28.3.